The fourth-order valence-corrected chi connectivity index (χ4v) is 1.79. The number of hydrogen-bond acceptors (Lipinski definition) is 5. The Morgan fingerprint density at radius 3 is 2.67 bits per heavy atom. The van der Waals surface area contributed by atoms with Crippen molar-refractivity contribution in [2.24, 2.45) is 0 Å². The van der Waals surface area contributed by atoms with Crippen LogP contribution >= 0.6 is 0 Å². The second-order valence-corrected chi connectivity index (χ2v) is 5.36. The lowest BCUT2D eigenvalue weighted by Crippen LogP contribution is -2.35. The smallest absolute Gasteiger partial charge is 0.282 e. The summed E-state index contributed by atoms with van der Waals surface area (Å²) in [6, 6.07) is 2.60. The van der Waals surface area contributed by atoms with Crippen LogP contribution in [0.4, 0.5) is 8.78 Å². The number of hydrogen-bond donors (Lipinski definition) is 3. The van der Waals surface area contributed by atoms with Crippen LogP contribution in [0, 0.1) is 0 Å². The number of aliphatic hydroxyl groups is 1. The molecule has 1 aromatic rings. The van der Waals surface area contributed by atoms with Crippen molar-refractivity contribution >= 4 is 10.0 Å². The van der Waals surface area contributed by atoms with E-state index in [9.17, 15) is 17.2 Å². The highest BCUT2D eigenvalue weighted by Crippen LogP contribution is 2.14. The number of nitrogens with one attached hydrogen (secondary N) is 2. The molecule has 104 valence electrons. The summed E-state index contributed by atoms with van der Waals surface area (Å²) in [7, 11) is -2.43. The van der Waals surface area contributed by atoms with Gasteiger partial charge in [-0.05, 0) is 19.2 Å². The number of furan rings is 1. The summed E-state index contributed by atoms with van der Waals surface area (Å²) >= 11 is 0. The summed E-state index contributed by atoms with van der Waals surface area (Å²) in [6.45, 7) is -2.04. The summed E-state index contributed by atoms with van der Waals surface area (Å²) < 4.78 is 55.0. The zero-order chi connectivity index (χ0) is 13.8. The Kier molecular flexibility index (Phi) is 4.79. The molecule has 0 saturated heterocycles. The minimum Gasteiger partial charge on any atom is -0.447 e. The van der Waals surface area contributed by atoms with E-state index in [4.69, 9.17) is 9.52 Å². The first-order valence-corrected chi connectivity index (χ1v) is 6.51. The first kappa shape index (κ1) is 15.0. The quantitative estimate of drug-likeness (QED) is 0.650. The van der Waals surface area contributed by atoms with E-state index in [0.717, 1.165) is 0 Å². The first-order valence-electron chi connectivity index (χ1n) is 5.02. The van der Waals surface area contributed by atoms with Crippen molar-refractivity contribution in [3.63, 3.8) is 0 Å². The van der Waals surface area contributed by atoms with Crippen LogP contribution in [0.1, 0.15) is 5.76 Å². The number of alkyl halides is 2. The van der Waals surface area contributed by atoms with Gasteiger partial charge in [0.25, 0.3) is 15.9 Å². The van der Waals surface area contributed by atoms with E-state index >= 15 is 0 Å². The summed E-state index contributed by atoms with van der Waals surface area (Å²) in [6.07, 6.45) is 0. The van der Waals surface area contributed by atoms with Gasteiger partial charge >= 0.3 is 0 Å². The molecule has 1 aromatic heterocycles. The third-order valence-electron chi connectivity index (χ3n) is 2.08. The molecule has 3 N–H and O–H groups in total. The van der Waals surface area contributed by atoms with Gasteiger partial charge in [0.1, 0.15) is 12.4 Å². The molecule has 0 amide bonds. The Morgan fingerprint density at radius 1 is 1.44 bits per heavy atom. The normalized spacial score (nSPS) is 12.9. The van der Waals surface area contributed by atoms with E-state index in [0.29, 0.717) is 0 Å². The van der Waals surface area contributed by atoms with Crippen LogP contribution < -0.4 is 10.0 Å². The Bertz CT molecular complexity index is 487. The second kappa shape index (κ2) is 5.74. The van der Waals surface area contributed by atoms with Gasteiger partial charge in [0.15, 0.2) is 0 Å². The van der Waals surface area contributed by atoms with Crippen molar-refractivity contribution in [2.45, 2.75) is 17.6 Å². The molecule has 6 nitrogen and oxygen atoms in total. The van der Waals surface area contributed by atoms with E-state index in [-0.39, 0.29) is 17.4 Å². The molecule has 0 spiro atoms. The van der Waals surface area contributed by atoms with Gasteiger partial charge in [-0.25, -0.2) is 21.9 Å². The average molecular weight is 284 g/mol. The van der Waals surface area contributed by atoms with Crippen LogP contribution in [0.15, 0.2) is 21.6 Å². The van der Waals surface area contributed by atoms with Crippen LogP contribution in [0.5, 0.6) is 0 Å². The van der Waals surface area contributed by atoms with E-state index in [2.05, 4.69) is 10.0 Å². The molecular weight excluding hydrogens is 270 g/mol. The maximum absolute atomic E-state index is 12.7. The summed E-state index contributed by atoms with van der Waals surface area (Å²) in [5, 5.41) is 10.4. The molecule has 0 fully saturated rings. The number of halogens is 2. The molecule has 0 radical (unpaired) electrons. The highest BCUT2D eigenvalue weighted by molar-refractivity contribution is 7.89. The minimum atomic E-state index is -3.67. The van der Waals surface area contributed by atoms with Gasteiger partial charge in [0.05, 0.1) is 13.1 Å². The molecule has 18 heavy (non-hydrogen) atoms. The van der Waals surface area contributed by atoms with Crippen LogP contribution in [0.2, 0.25) is 0 Å². The molecule has 9 heteroatoms. The van der Waals surface area contributed by atoms with Crippen LogP contribution in [-0.4, -0.2) is 39.6 Å². The maximum Gasteiger partial charge on any atom is 0.282 e. The largest absolute Gasteiger partial charge is 0.447 e. The van der Waals surface area contributed by atoms with Crippen molar-refractivity contribution in [3.8, 4) is 0 Å². The minimum absolute atomic E-state index is 0.0607. The second-order valence-electron chi connectivity index (χ2n) is 3.55. The molecule has 0 atom stereocenters. The Hall–Kier alpha value is -1.03. The van der Waals surface area contributed by atoms with Crippen molar-refractivity contribution in [2.75, 3.05) is 20.2 Å². The Morgan fingerprint density at radius 2 is 2.11 bits per heavy atom. The molecule has 0 saturated carbocycles. The molecular formula is C9H14F2N2O4S. The monoisotopic (exact) mass is 284 g/mol. The molecule has 0 aliphatic carbocycles. The lowest BCUT2D eigenvalue weighted by Gasteiger charge is -2.12. The summed E-state index contributed by atoms with van der Waals surface area (Å²) in [4.78, 5) is 0. The first-order chi connectivity index (χ1) is 8.30. The zero-order valence-corrected chi connectivity index (χ0v) is 10.4. The van der Waals surface area contributed by atoms with Crippen molar-refractivity contribution in [1.29, 1.82) is 0 Å². The van der Waals surface area contributed by atoms with Gasteiger partial charge in [0.2, 0.25) is 5.09 Å². The van der Waals surface area contributed by atoms with E-state index < -0.39 is 29.1 Å². The topological polar surface area (TPSA) is 91.6 Å². The van der Waals surface area contributed by atoms with E-state index in [1.807, 2.05) is 0 Å². The van der Waals surface area contributed by atoms with Crippen LogP contribution in [-0.2, 0) is 16.6 Å². The van der Waals surface area contributed by atoms with Crippen molar-refractivity contribution in [1.82, 2.24) is 10.0 Å². The van der Waals surface area contributed by atoms with Crippen LogP contribution in [0.25, 0.3) is 0 Å². The van der Waals surface area contributed by atoms with Gasteiger partial charge in [-0.1, -0.05) is 0 Å². The molecule has 0 aliphatic heterocycles. The number of sulfonamides is 1. The Labute approximate surface area is 103 Å². The van der Waals surface area contributed by atoms with Crippen molar-refractivity contribution < 1.29 is 26.7 Å². The highest BCUT2D eigenvalue weighted by Gasteiger charge is 2.27. The molecule has 0 unspecified atom stereocenters. The third-order valence-corrected chi connectivity index (χ3v) is 3.37. The lowest BCUT2D eigenvalue weighted by atomic mass is 10.3. The SMILES string of the molecule is CNS(=O)(=O)c1ccc(CNCC(F)(F)CO)o1. The molecule has 0 aliphatic rings. The summed E-state index contributed by atoms with van der Waals surface area (Å²) in [5.74, 6) is -3.01. The van der Waals surface area contributed by atoms with Crippen LogP contribution in [0.3, 0.4) is 0 Å². The predicted molar refractivity (Wildman–Crippen MR) is 58.7 cm³/mol. The van der Waals surface area contributed by atoms with Gasteiger partial charge in [-0.2, -0.15) is 0 Å². The fourth-order valence-electron chi connectivity index (χ4n) is 1.12. The standard InChI is InChI=1S/C9H14F2N2O4S/c1-12-18(15,16)8-3-2-7(17-8)4-13-5-9(10,11)6-14/h2-3,12-14H,4-6H2,1H3. The van der Waals surface area contributed by atoms with E-state index in [1.165, 1.54) is 19.2 Å². The molecule has 1 heterocycles. The van der Waals surface area contributed by atoms with Gasteiger partial charge in [0, 0.05) is 0 Å². The van der Waals surface area contributed by atoms with E-state index in [1.54, 1.807) is 0 Å². The van der Waals surface area contributed by atoms with Gasteiger partial charge < -0.3 is 14.8 Å². The third kappa shape index (κ3) is 4.02. The van der Waals surface area contributed by atoms with Gasteiger partial charge in [-0.3, -0.25) is 0 Å². The maximum atomic E-state index is 12.7. The van der Waals surface area contributed by atoms with Gasteiger partial charge in [-0.15, -0.1) is 0 Å². The highest BCUT2D eigenvalue weighted by atomic mass is 32.2. The predicted octanol–water partition coefficient (Wildman–Crippen LogP) is -0.0951. The molecule has 0 bridgehead atoms. The molecule has 1 rings (SSSR count). The fraction of sp³-hybridized carbons (Fsp3) is 0.556. The molecule has 0 aromatic carbocycles. The number of aliphatic hydroxyl groups excluding tert-OH is 1. The van der Waals surface area contributed by atoms with Crippen molar-refractivity contribution in [3.05, 3.63) is 17.9 Å². The number of rotatable bonds is 7. The average Bonchev–Trinajstić information content (AvgIpc) is 2.78. The summed E-state index contributed by atoms with van der Waals surface area (Å²) in [5.41, 5.74) is 0. The zero-order valence-electron chi connectivity index (χ0n) is 9.61. The lowest BCUT2D eigenvalue weighted by molar-refractivity contribution is -0.0480. The Balaban J connectivity index is 2.56.